The zero-order valence-corrected chi connectivity index (χ0v) is 20.3. The van der Waals surface area contributed by atoms with Crippen LogP contribution in [0.4, 0.5) is 15.9 Å². The summed E-state index contributed by atoms with van der Waals surface area (Å²) in [5.41, 5.74) is 3.05. The Bertz CT molecular complexity index is 1150. The first-order valence-electron chi connectivity index (χ1n) is 11.6. The Balaban J connectivity index is 1.42. The van der Waals surface area contributed by atoms with Crippen molar-refractivity contribution in [2.75, 3.05) is 29.0 Å². The largest absolute Gasteiger partial charge is 0.356 e. The van der Waals surface area contributed by atoms with Gasteiger partial charge in [0.05, 0.1) is 11.9 Å². The average Bonchev–Trinajstić information content (AvgIpc) is 3.52. The maximum atomic E-state index is 14.4. The molecule has 0 radical (unpaired) electrons. The second-order valence-corrected chi connectivity index (χ2v) is 11.5. The number of benzene rings is 1. The van der Waals surface area contributed by atoms with E-state index in [9.17, 15) is 17.6 Å². The van der Waals surface area contributed by atoms with Crippen LogP contribution in [0.5, 0.6) is 0 Å². The van der Waals surface area contributed by atoms with Crippen molar-refractivity contribution in [2.45, 2.75) is 58.3 Å². The summed E-state index contributed by atoms with van der Waals surface area (Å²) in [6.45, 7) is 5.78. The van der Waals surface area contributed by atoms with Crippen LogP contribution in [0.15, 0.2) is 30.3 Å². The normalized spacial score (nSPS) is 18.2. The molecule has 1 N–H and O–H groups in total. The van der Waals surface area contributed by atoms with Gasteiger partial charge in [0.15, 0.2) is 0 Å². The zero-order chi connectivity index (χ0) is 23.8. The van der Waals surface area contributed by atoms with Crippen LogP contribution in [0.25, 0.3) is 0 Å². The van der Waals surface area contributed by atoms with E-state index in [-0.39, 0.29) is 11.5 Å². The van der Waals surface area contributed by atoms with Gasteiger partial charge in [0.1, 0.15) is 17.4 Å². The molecule has 1 atom stereocenters. The van der Waals surface area contributed by atoms with Crippen molar-refractivity contribution in [1.29, 1.82) is 0 Å². The Morgan fingerprint density at radius 1 is 1.18 bits per heavy atom. The first-order chi connectivity index (χ1) is 15.6. The highest BCUT2D eigenvalue weighted by atomic mass is 32.2. The molecule has 0 bridgehead atoms. The Labute approximate surface area is 195 Å². The molecule has 0 amide bonds. The molecular weight excluding hydrogens is 441 g/mol. The Morgan fingerprint density at radius 3 is 2.48 bits per heavy atom. The van der Waals surface area contributed by atoms with Crippen molar-refractivity contribution in [3.63, 3.8) is 0 Å². The SMILES string of the molecule is Cc1ccc(CCC(=O)C(C)c2ccc(NS(C)(=O)=O)c(F)c2)c(N2CCC3(CC2)CC3)n1. The quantitative estimate of drug-likeness (QED) is 0.607. The number of aryl methyl sites for hydroxylation is 2. The van der Waals surface area contributed by atoms with Gasteiger partial charge >= 0.3 is 0 Å². The standard InChI is InChI=1S/C25H32FN3O3S/c1-17-4-5-19(24(27-17)29-14-12-25(10-11-25)13-15-29)7-9-23(30)18(2)20-6-8-22(21(26)16-20)28-33(3,31)32/h4-6,8,16,18,28H,7,9-15H2,1-3H3. The number of anilines is 2. The Kier molecular flexibility index (Phi) is 6.49. The summed E-state index contributed by atoms with van der Waals surface area (Å²) >= 11 is 0. The molecule has 6 nitrogen and oxygen atoms in total. The number of carbonyl (C=O) groups excluding carboxylic acids is 1. The molecule has 1 unspecified atom stereocenters. The number of hydrogen-bond acceptors (Lipinski definition) is 5. The lowest BCUT2D eigenvalue weighted by molar-refractivity contribution is -0.120. The van der Waals surface area contributed by atoms with Crippen LogP contribution in [0.1, 0.15) is 61.8 Å². The number of rotatable bonds is 8. The molecule has 1 aromatic heterocycles. The summed E-state index contributed by atoms with van der Waals surface area (Å²) in [5, 5.41) is 0. The molecule has 1 saturated heterocycles. The van der Waals surface area contributed by atoms with Crippen LogP contribution in [0.2, 0.25) is 0 Å². The lowest BCUT2D eigenvalue weighted by atomic mass is 9.91. The van der Waals surface area contributed by atoms with Crippen molar-refractivity contribution in [1.82, 2.24) is 4.98 Å². The minimum atomic E-state index is -3.57. The van der Waals surface area contributed by atoms with E-state index in [0.717, 1.165) is 36.4 Å². The van der Waals surface area contributed by atoms with Crippen LogP contribution in [-0.4, -0.2) is 38.5 Å². The van der Waals surface area contributed by atoms with Crippen molar-refractivity contribution >= 4 is 27.3 Å². The van der Waals surface area contributed by atoms with Crippen LogP contribution >= 0.6 is 0 Å². The molecule has 33 heavy (non-hydrogen) atoms. The smallest absolute Gasteiger partial charge is 0.229 e. The van der Waals surface area contributed by atoms with Gasteiger partial charge in [0.25, 0.3) is 0 Å². The zero-order valence-electron chi connectivity index (χ0n) is 19.5. The summed E-state index contributed by atoms with van der Waals surface area (Å²) < 4.78 is 39.2. The number of ketones is 1. The van der Waals surface area contributed by atoms with Gasteiger partial charge < -0.3 is 4.90 Å². The van der Waals surface area contributed by atoms with E-state index in [4.69, 9.17) is 4.98 Å². The summed E-state index contributed by atoms with van der Waals surface area (Å²) in [4.78, 5) is 20.1. The van der Waals surface area contributed by atoms with E-state index in [1.807, 2.05) is 13.0 Å². The minimum Gasteiger partial charge on any atom is -0.356 e. The van der Waals surface area contributed by atoms with Gasteiger partial charge in [-0.05, 0) is 73.8 Å². The molecule has 2 fully saturated rings. The number of halogens is 1. The fraction of sp³-hybridized carbons (Fsp3) is 0.520. The number of carbonyl (C=O) groups is 1. The number of Topliss-reactive ketones (excluding diaryl/α,β-unsaturated/α-hetero) is 1. The monoisotopic (exact) mass is 473 g/mol. The molecule has 1 aromatic carbocycles. The predicted molar refractivity (Wildman–Crippen MR) is 129 cm³/mol. The van der Waals surface area contributed by atoms with Crippen LogP contribution in [-0.2, 0) is 21.2 Å². The van der Waals surface area contributed by atoms with E-state index >= 15 is 0 Å². The second kappa shape index (κ2) is 9.05. The van der Waals surface area contributed by atoms with Crippen molar-refractivity contribution in [2.24, 2.45) is 5.41 Å². The lowest BCUT2D eigenvalue weighted by Gasteiger charge is -2.34. The number of sulfonamides is 1. The van der Waals surface area contributed by atoms with E-state index in [0.29, 0.717) is 23.8 Å². The van der Waals surface area contributed by atoms with E-state index in [1.165, 1.54) is 37.8 Å². The number of nitrogens with one attached hydrogen (secondary N) is 1. The average molecular weight is 474 g/mol. The highest BCUT2D eigenvalue weighted by Gasteiger charge is 2.44. The van der Waals surface area contributed by atoms with Gasteiger partial charge in [-0.1, -0.05) is 19.1 Å². The molecule has 8 heteroatoms. The minimum absolute atomic E-state index is 0.0142. The Morgan fingerprint density at radius 2 is 1.88 bits per heavy atom. The molecule has 1 aliphatic carbocycles. The molecule has 4 rings (SSSR count). The fourth-order valence-corrected chi connectivity index (χ4v) is 5.22. The number of aromatic nitrogens is 1. The van der Waals surface area contributed by atoms with E-state index in [2.05, 4.69) is 15.7 Å². The second-order valence-electron chi connectivity index (χ2n) is 9.72. The molecule has 1 spiro atoms. The molecule has 2 aromatic rings. The van der Waals surface area contributed by atoms with E-state index in [1.54, 1.807) is 13.0 Å². The third-order valence-corrected chi connectivity index (χ3v) is 7.68. The van der Waals surface area contributed by atoms with Gasteiger partial charge in [-0.2, -0.15) is 0 Å². The maximum absolute atomic E-state index is 14.4. The summed E-state index contributed by atoms with van der Waals surface area (Å²) in [5.74, 6) is -0.173. The van der Waals surface area contributed by atoms with Gasteiger partial charge in [0, 0.05) is 31.1 Å². The fourth-order valence-electron chi connectivity index (χ4n) is 4.65. The topological polar surface area (TPSA) is 79.4 Å². The number of nitrogens with zero attached hydrogens (tertiary/aromatic N) is 2. The molecule has 2 aliphatic rings. The third kappa shape index (κ3) is 5.72. The molecule has 1 saturated carbocycles. The Hall–Kier alpha value is -2.48. The highest BCUT2D eigenvalue weighted by molar-refractivity contribution is 7.92. The summed E-state index contributed by atoms with van der Waals surface area (Å²) in [7, 11) is -3.57. The first kappa shape index (κ1) is 23.7. The van der Waals surface area contributed by atoms with Gasteiger partial charge in [-0.25, -0.2) is 17.8 Å². The molecule has 1 aliphatic heterocycles. The molecule has 178 valence electrons. The lowest BCUT2D eigenvalue weighted by Crippen LogP contribution is -2.35. The van der Waals surface area contributed by atoms with Crippen LogP contribution in [0.3, 0.4) is 0 Å². The van der Waals surface area contributed by atoms with Gasteiger partial charge in [0.2, 0.25) is 10.0 Å². The van der Waals surface area contributed by atoms with Crippen molar-refractivity contribution < 1.29 is 17.6 Å². The van der Waals surface area contributed by atoms with Gasteiger partial charge in [-0.15, -0.1) is 0 Å². The van der Waals surface area contributed by atoms with E-state index < -0.39 is 21.8 Å². The predicted octanol–water partition coefficient (Wildman–Crippen LogP) is 4.59. The number of piperidine rings is 1. The molecular formula is C25H32FN3O3S. The summed E-state index contributed by atoms with van der Waals surface area (Å²) in [6, 6.07) is 8.25. The number of hydrogen-bond donors (Lipinski definition) is 1. The maximum Gasteiger partial charge on any atom is 0.229 e. The third-order valence-electron chi connectivity index (χ3n) is 7.09. The van der Waals surface area contributed by atoms with Crippen LogP contribution in [0, 0.1) is 18.2 Å². The molecule has 2 heterocycles. The van der Waals surface area contributed by atoms with Crippen LogP contribution < -0.4 is 9.62 Å². The number of pyridine rings is 1. The van der Waals surface area contributed by atoms with Gasteiger partial charge in [-0.3, -0.25) is 9.52 Å². The van der Waals surface area contributed by atoms with Crippen molar-refractivity contribution in [3.05, 3.63) is 53.0 Å². The first-order valence-corrected chi connectivity index (χ1v) is 13.5. The summed E-state index contributed by atoms with van der Waals surface area (Å²) in [6.07, 6.45) is 7.03. The van der Waals surface area contributed by atoms with Crippen molar-refractivity contribution in [3.8, 4) is 0 Å². The highest BCUT2D eigenvalue weighted by Crippen LogP contribution is 2.54.